The van der Waals surface area contributed by atoms with Crippen LogP contribution in [0.5, 0.6) is 11.6 Å². The fourth-order valence-electron chi connectivity index (χ4n) is 4.13. The molecule has 3 aromatic carbocycles. The summed E-state index contributed by atoms with van der Waals surface area (Å²) < 4.78 is 5.89. The normalized spacial score (nSPS) is 13.8. The molecule has 0 bridgehead atoms. The molecule has 0 saturated carbocycles. The van der Waals surface area contributed by atoms with Crippen LogP contribution in [0.3, 0.4) is 0 Å². The molecule has 1 aliphatic rings. The number of carbonyl (C=O) groups excluding carboxylic acids is 1. The van der Waals surface area contributed by atoms with Gasteiger partial charge in [-0.2, -0.15) is 4.98 Å². The van der Waals surface area contributed by atoms with Crippen LogP contribution < -0.4 is 20.7 Å². The van der Waals surface area contributed by atoms with Crippen LogP contribution in [0.1, 0.15) is 29.8 Å². The lowest BCUT2D eigenvalue weighted by molar-refractivity contribution is 0.102. The molecule has 1 amide bonds. The Morgan fingerprint density at radius 3 is 2.82 bits per heavy atom. The first-order chi connectivity index (χ1) is 15.9. The van der Waals surface area contributed by atoms with Crippen LogP contribution in [0.4, 0.5) is 17.3 Å². The fraction of sp³-hybridized carbons (Fsp3) is 0.192. The van der Waals surface area contributed by atoms with Crippen molar-refractivity contribution in [1.82, 2.24) is 9.97 Å². The summed E-state index contributed by atoms with van der Waals surface area (Å²) in [5.41, 5.74) is 3.80. The molecule has 2 heterocycles. The summed E-state index contributed by atoms with van der Waals surface area (Å²) >= 11 is 0. The highest BCUT2D eigenvalue weighted by Crippen LogP contribution is 2.37. The zero-order chi connectivity index (χ0) is 23.0. The molecule has 0 radical (unpaired) electrons. The van der Waals surface area contributed by atoms with Gasteiger partial charge in [0.05, 0.1) is 0 Å². The topological polar surface area (TPSA) is 88.2 Å². The molecule has 7 heteroatoms. The van der Waals surface area contributed by atoms with E-state index in [-0.39, 0.29) is 11.3 Å². The summed E-state index contributed by atoms with van der Waals surface area (Å²) in [5.74, 6) is 1.41. The number of hydrogen-bond donors (Lipinski definition) is 3. The number of hydrogen-bond acceptors (Lipinski definition) is 6. The van der Waals surface area contributed by atoms with Gasteiger partial charge in [0, 0.05) is 48.2 Å². The number of nitrogens with zero attached hydrogens (tertiary/aromatic N) is 2. The number of nitrogens with one attached hydrogen (secondary N) is 3. The Kier molecular flexibility index (Phi) is 5.09. The van der Waals surface area contributed by atoms with E-state index in [2.05, 4.69) is 45.8 Å². The lowest BCUT2D eigenvalue weighted by atomic mass is 9.87. The molecule has 3 N–H and O–H groups in total. The van der Waals surface area contributed by atoms with Crippen molar-refractivity contribution in [3.63, 3.8) is 0 Å². The molecule has 4 aromatic rings. The Balaban J connectivity index is 1.39. The number of benzene rings is 3. The third-order valence-corrected chi connectivity index (χ3v) is 5.90. The van der Waals surface area contributed by atoms with Gasteiger partial charge >= 0.3 is 0 Å². The van der Waals surface area contributed by atoms with Crippen molar-refractivity contribution in [3.8, 4) is 11.6 Å². The minimum absolute atomic E-state index is 0.0910. The Bertz CT molecular complexity index is 1370. The maximum Gasteiger partial charge on any atom is 0.256 e. The van der Waals surface area contributed by atoms with Crippen molar-refractivity contribution in [2.75, 3.05) is 29.5 Å². The van der Waals surface area contributed by atoms with Crippen LogP contribution in [0.25, 0.3) is 10.8 Å². The number of ether oxygens (including phenoxy) is 1. The van der Waals surface area contributed by atoms with Crippen molar-refractivity contribution in [1.29, 1.82) is 0 Å². The quantitative estimate of drug-likeness (QED) is 0.385. The van der Waals surface area contributed by atoms with Crippen LogP contribution in [0.2, 0.25) is 0 Å². The summed E-state index contributed by atoms with van der Waals surface area (Å²) in [6, 6.07) is 19.0. The molecule has 0 atom stereocenters. The van der Waals surface area contributed by atoms with Crippen LogP contribution in [0, 0.1) is 0 Å². The van der Waals surface area contributed by atoms with E-state index in [1.807, 2.05) is 48.5 Å². The minimum Gasteiger partial charge on any atom is -0.439 e. The highest BCUT2D eigenvalue weighted by molar-refractivity contribution is 6.13. The van der Waals surface area contributed by atoms with E-state index in [1.165, 1.54) is 5.56 Å². The van der Waals surface area contributed by atoms with Crippen LogP contribution in [-0.2, 0) is 5.41 Å². The number of rotatable bonds is 5. The van der Waals surface area contributed by atoms with E-state index in [1.54, 1.807) is 19.3 Å². The van der Waals surface area contributed by atoms with Gasteiger partial charge in [0.1, 0.15) is 5.75 Å². The Morgan fingerprint density at radius 2 is 1.97 bits per heavy atom. The summed E-state index contributed by atoms with van der Waals surface area (Å²) in [7, 11) is 1.75. The van der Waals surface area contributed by atoms with Gasteiger partial charge in [-0.3, -0.25) is 4.79 Å². The summed E-state index contributed by atoms with van der Waals surface area (Å²) in [6.45, 7) is 5.31. The molecule has 0 fully saturated rings. The van der Waals surface area contributed by atoms with E-state index in [4.69, 9.17) is 4.74 Å². The molecule has 1 aliphatic heterocycles. The highest BCUT2D eigenvalue weighted by atomic mass is 16.5. The van der Waals surface area contributed by atoms with Gasteiger partial charge in [0.25, 0.3) is 5.91 Å². The first kappa shape index (κ1) is 20.8. The fourth-order valence-corrected chi connectivity index (χ4v) is 4.13. The van der Waals surface area contributed by atoms with Gasteiger partial charge in [-0.15, -0.1) is 0 Å². The molecule has 7 nitrogen and oxygen atoms in total. The largest absolute Gasteiger partial charge is 0.439 e. The maximum atomic E-state index is 13.1. The number of aromatic nitrogens is 2. The zero-order valence-corrected chi connectivity index (χ0v) is 18.8. The lowest BCUT2D eigenvalue weighted by Crippen LogP contribution is -2.18. The van der Waals surface area contributed by atoms with E-state index >= 15 is 0 Å². The number of carbonyl (C=O) groups is 1. The van der Waals surface area contributed by atoms with Gasteiger partial charge in [-0.05, 0) is 52.7 Å². The Labute approximate surface area is 192 Å². The molecule has 0 saturated heterocycles. The minimum atomic E-state index is -0.152. The molecule has 0 aliphatic carbocycles. The molecule has 5 rings (SSSR count). The van der Waals surface area contributed by atoms with Crippen molar-refractivity contribution < 1.29 is 9.53 Å². The average molecular weight is 440 g/mol. The van der Waals surface area contributed by atoms with Gasteiger partial charge < -0.3 is 20.7 Å². The van der Waals surface area contributed by atoms with Crippen molar-refractivity contribution in [2.24, 2.45) is 0 Å². The smallest absolute Gasteiger partial charge is 0.256 e. The van der Waals surface area contributed by atoms with Crippen LogP contribution in [0.15, 0.2) is 66.9 Å². The predicted octanol–water partition coefficient (Wildman–Crippen LogP) is 5.42. The van der Waals surface area contributed by atoms with E-state index < -0.39 is 0 Å². The molecule has 0 spiro atoms. The second-order valence-electron chi connectivity index (χ2n) is 8.71. The summed E-state index contributed by atoms with van der Waals surface area (Å²) in [4.78, 5) is 21.5. The summed E-state index contributed by atoms with van der Waals surface area (Å²) in [5, 5.41) is 11.1. The molecule has 1 aromatic heterocycles. The highest BCUT2D eigenvalue weighted by Gasteiger charge is 2.29. The van der Waals surface area contributed by atoms with E-state index in [0.29, 0.717) is 23.1 Å². The monoisotopic (exact) mass is 439 g/mol. The standard InChI is InChI=1S/C26H25N5O2/c1-26(2)15-29-22-14-17(7-10-21(22)26)30-24(32)20-6-4-5-16-13-18(8-9-19(16)20)33-23-11-12-28-25(27-3)31-23/h4-14,29H,15H2,1-3H3,(H,30,32)(H,27,28,31). The molecule has 33 heavy (non-hydrogen) atoms. The summed E-state index contributed by atoms with van der Waals surface area (Å²) in [6.07, 6.45) is 1.63. The molecular weight excluding hydrogens is 414 g/mol. The number of fused-ring (bicyclic) bond motifs is 2. The van der Waals surface area contributed by atoms with Gasteiger partial charge in [-0.1, -0.05) is 32.0 Å². The number of amides is 1. The number of anilines is 3. The van der Waals surface area contributed by atoms with E-state index in [0.717, 1.165) is 28.7 Å². The van der Waals surface area contributed by atoms with Gasteiger partial charge in [0.15, 0.2) is 0 Å². The third kappa shape index (κ3) is 4.05. The van der Waals surface area contributed by atoms with Crippen LogP contribution in [-0.4, -0.2) is 29.5 Å². The van der Waals surface area contributed by atoms with Crippen molar-refractivity contribution in [2.45, 2.75) is 19.3 Å². The Hall–Kier alpha value is -4.13. The first-order valence-corrected chi connectivity index (χ1v) is 10.8. The molecule has 0 unspecified atom stereocenters. The van der Waals surface area contributed by atoms with Crippen molar-refractivity contribution >= 4 is 34.0 Å². The predicted molar refractivity (Wildman–Crippen MR) is 132 cm³/mol. The van der Waals surface area contributed by atoms with Gasteiger partial charge in [-0.25, -0.2) is 4.98 Å². The maximum absolute atomic E-state index is 13.1. The lowest BCUT2D eigenvalue weighted by Gasteiger charge is -2.17. The zero-order valence-electron chi connectivity index (χ0n) is 18.8. The van der Waals surface area contributed by atoms with Crippen LogP contribution >= 0.6 is 0 Å². The molecule has 166 valence electrons. The molecular formula is C26H25N5O2. The first-order valence-electron chi connectivity index (χ1n) is 10.8. The van der Waals surface area contributed by atoms with E-state index in [9.17, 15) is 4.79 Å². The second-order valence-corrected chi connectivity index (χ2v) is 8.71. The van der Waals surface area contributed by atoms with Gasteiger partial charge in [0.2, 0.25) is 11.8 Å². The third-order valence-electron chi connectivity index (χ3n) is 5.90. The average Bonchev–Trinajstić information content (AvgIpc) is 3.12. The SMILES string of the molecule is CNc1nccc(Oc2ccc3c(C(=O)Nc4ccc5c(c4)NCC5(C)C)cccc3c2)n1. The van der Waals surface area contributed by atoms with Crippen molar-refractivity contribution in [3.05, 3.63) is 78.0 Å². The Morgan fingerprint density at radius 1 is 1.09 bits per heavy atom. The second kappa shape index (κ2) is 8.09.